The molecule has 0 unspecified atom stereocenters. The van der Waals surface area contributed by atoms with Crippen LogP contribution in [0.4, 0.5) is 0 Å². The number of esters is 1. The summed E-state index contributed by atoms with van der Waals surface area (Å²) in [5.74, 6) is -0.0593. The molecule has 96 valence electrons. The molecule has 0 atom stereocenters. The molecule has 3 heteroatoms. The maximum atomic E-state index is 10.7. The van der Waals surface area contributed by atoms with Crippen LogP contribution in [0.15, 0.2) is 0 Å². The first-order chi connectivity index (χ1) is 7.81. The number of nitrogens with one attached hydrogen (secondary N) is 1. The molecular weight excluding hydrogens is 202 g/mol. The van der Waals surface area contributed by atoms with E-state index in [9.17, 15) is 4.79 Å². The minimum absolute atomic E-state index is 0.0593. The predicted molar refractivity (Wildman–Crippen MR) is 67.5 cm³/mol. The average molecular weight is 229 g/mol. The summed E-state index contributed by atoms with van der Waals surface area (Å²) in [4.78, 5) is 10.7. The summed E-state index contributed by atoms with van der Waals surface area (Å²) in [6.45, 7) is 6.95. The van der Waals surface area contributed by atoms with Crippen LogP contribution in [0.25, 0.3) is 0 Å². The molecule has 1 heterocycles. The van der Waals surface area contributed by atoms with Crippen molar-refractivity contribution >= 4 is 5.97 Å². The van der Waals surface area contributed by atoms with E-state index in [4.69, 9.17) is 4.74 Å². The molecule has 0 amide bonds. The van der Waals surface area contributed by atoms with Gasteiger partial charge < -0.3 is 10.1 Å². The van der Waals surface area contributed by atoms with E-state index in [1.165, 1.54) is 32.4 Å². The summed E-state index contributed by atoms with van der Waals surface area (Å²) in [7, 11) is 0. The number of carbonyl (C=O) groups excluding carboxylic acids is 1. The van der Waals surface area contributed by atoms with E-state index in [1.807, 2.05) is 6.92 Å². The van der Waals surface area contributed by atoms with Gasteiger partial charge in [-0.25, -0.2) is 0 Å². The van der Waals surface area contributed by atoms with Gasteiger partial charge in [0.2, 0.25) is 0 Å². The number of hydrogen-bond acceptors (Lipinski definition) is 3. The molecule has 16 heavy (non-hydrogen) atoms. The van der Waals surface area contributed by atoms with E-state index in [0.29, 0.717) is 13.0 Å². The first kappa shape index (κ1) is 15.4. The highest BCUT2D eigenvalue weighted by molar-refractivity contribution is 5.69. The van der Waals surface area contributed by atoms with Crippen molar-refractivity contribution in [3.8, 4) is 0 Å². The quantitative estimate of drug-likeness (QED) is 0.582. The van der Waals surface area contributed by atoms with E-state index in [1.54, 1.807) is 0 Å². The third kappa shape index (κ3) is 11.5. The van der Waals surface area contributed by atoms with Crippen LogP contribution in [-0.4, -0.2) is 25.7 Å². The van der Waals surface area contributed by atoms with E-state index in [-0.39, 0.29) is 5.97 Å². The molecule has 1 fully saturated rings. The van der Waals surface area contributed by atoms with Crippen molar-refractivity contribution in [2.45, 2.75) is 58.8 Å². The Hall–Kier alpha value is -0.570. The van der Waals surface area contributed by atoms with Gasteiger partial charge in [0.1, 0.15) is 0 Å². The molecule has 1 N–H and O–H groups in total. The lowest BCUT2D eigenvalue weighted by molar-refractivity contribution is -0.143. The van der Waals surface area contributed by atoms with Gasteiger partial charge in [0.05, 0.1) is 6.61 Å². The number of hydrogen-bond donors (Lipinski definition) is 1. The van der Waals surface area contributed by atoms with Gasteiger partial charge in [-0.15, -0.1) is 0 Å². The lowest BCUT2D eigenvalue weighted by Crippen LogP contribution is -2.21. The van der Waals surface area contributed by atoms with Crippen molar-refractivity contribution in [1.82, 2.24) is 5.32 Å². The highest BCUT2D eigenvalue weighted by atomic mass is 16.5. The lowest BCUT2D eigenvalue weighted by atomic mass is 10.2. The SMILES string of the molecule is C1CCNCC1.CCCCCC(=O)OCC. The van der Waals surface area contributed by atoms with Crippen LogP contribution in [-0.2, 0) is 9.53 Å². The maximum absolute atomic E-state index is 10.7. The fraction of sp³-hybridized carbons (Fsp3) is 0.923. The van der Waals surface area contributed by atoms with Gasteiger partial charge in [-0.1, -0.05) is 26.2 Å². The molecule has 1 saturated heterocycles. The highest BCUT2D eigenvalue weighted by Gasteiger charge is 1.98. The van der Waals surface area contributed by atoms with Crippen molar-refractivity contribution < 1.29 is 9.53 Å². The second-order valence-electron chi connectivity index (χ2n) is 4.07. The molecule has 1 aliphatic rings. The number of carbonyl (C=O) groups is 1. The summed E-state index contributed by atoms with van der Waals surface area (Å²) < 4.78 is 4.75. The van der Waals surface area contributed by atoms with Gasteiger partial charge in [-0.3, -0.25) is 4.79 Å². The van der Waals surface area contributed by atoms with Crippen LogP contribution in [0.2, 0.25) is 0 Å². The van der Waals surface area contributed by atoms with Crippen LogP contribution in [0.3, 0.4) is 0 Å². The standard InChI is InChI=1S/C8H16O2.C5H11N/c1-3-5-6-7-8(9)10-4-2;1-2-4-6-5-3-1/h3-7H2,1-2H3;6H,1-5H2. The molecule has 1 rings (SSSR count). The monoisotopic (exact) mass is 229 g/mol. The summed E-state index contributed by atoms with van der Waals surface area (Å²) >= 11 is 0. The maximum Gasteiger partial charge on any atom is 0.305 e. The molecule has 0 bridgehead atoms. The number of ether oxygens (including phenoxy) is 1. The van der Waals surface area contributed by atoms with Crippen LogP contribution in [0.5, 0.6) is 0 Å². The summed E-state index contributed by atoms with van der Waals surface area (Å²) in [5, 5.41) is 3.28. The Morgan fingerprint density at radius 1 is 1.12 bits per heavy atom. The Labute approximate surface area is 99.9 Å². The molecule has 1 aliphatic heterocycles. The van der Waals surface area contributed by atoms with Gasteiger partial charge in [-0.2, -0.15) is 0 Å². The van der Waals surface area contributed by atoms with Gasteiger partial charge in [0.25, 0.3) is 0 Å². The minimum Gasteiger partial charge on any atom is -0.466 e. The molecule has 0 aromatic carbocycles. The second-order valence-corrected chi connectivity index (χ2v) is 4.07. The Balaban J connectivity index is 0.000000315. The molecule has 0 aromatic heterocycles. The van der Waals surface area contributed by atoms with Gasteiger partial charge in [0, 0.05) is 6.42 Å². The van der Waals surface area contributed by atoms with E-state index in [2.05, 4.69) is 12.2 Å². The van der Waals surface area contributed by atoms with E-state index >= 15 is 0 Å². The molecular formula is C13H27NO2. The molecule has 0 saturated carbocycles. The summed E-state index contributed by atoms with van der Waals surface area (Å²) in [6, 6.07) is 0. The van der Waals surface area contributed by atoms with Crippen LogP contribution in [0.1, 0.15) is 58.8 Å². The highest BCUT2D eigenvalue weighted by Crippen LogP contribution is 1.99. The summed E-state index contributed by atoms with van der Waals surface area (Å²) in [5.41, 5.74) is 0. The van der Waals surface area contributed by atoms with Gasteiger partial charge in [-0.05, 0) is 39.3 Å². The summed E-state index contributed by atoms with van der Waals surface area (Å²) in [6.07, 6.45) is 8.04. The second kappa shape index (κ2) is 12.5. The third-order valence-electron chi connectivity index (χ3n) is 2.50. The Morgan fingerprint density at radius 3 is 2.19 bits per heavy atom. The van der Waals surface area contributed by atoms with Crippen molar-refractivity contribution in [2.75, 3.05) is 19.7 Å². The van der Waals surface area contributed by atoms with Gasteiger partial charge >= 0.3 is 5.97 Å². The van der Waals surface area contributed by atoms with Crippen molar-refractivity contribution in [3.05, 3.63) is 0 Å². The van der Waals surface area contributed by atoms with Crippen LogP contribution >= 0.6 is 0 Å². The Bertz CT molecular complexity index is 145. The zero-order chi connectivity index (χ0) is 12.1. The number of unbranched alkanes of at least 4 members (excludes halogenated alkanes) is 2. The van der Waals surface area contributed by atoms with Crippen molar-refractivity contribution in [1.29, 1.82) is 0 Å². The molecule has 3 nitrogen and oxygen atoms in total. The molecule has 0 spiro atoms. The molecule has 0 radical (unpaired) electrons. The van der Waals surface area contributed by atoms with Crippen molar-refractivity contribution in [3.63, 3.8) is 0 Å². The zero-order valence-electron chi connectivity index (χ0n) is 10.9. The smallest absolute Gasteiger partial charge is 0.305 e. The topological polar surface area (TPSA) is 38.3 Å². The number of rotatable bonds is 5. The zero-order valence-corrected chi connectivity index (χ0v) is 10.9. The van der Waals surface area contributed by atoms with E-state index < -0.39 is 0 Å². The normalized spacial score (nSPS) is 14.9. The lowest BCUT2D eigenvalue weighted by Gasteiger charge is -2.08. The Kier molecular flexibility index (Phi) is 12.1. The third-order valence-corrected chi connectivity index (χ3v) is 2.50. The fourth-order valence-electron chi connectivity index (χ4n) is 1.55. The Morgan fingerprint density at radius 2 is 1.81 bits per heavy atom. The van der Waals surface area contributed by atoms with Gasteiger partial charge in [0.15, 0.2) is 0 Å². The van der Waals surface area contributed by atoms with E-state index in [0.717, 1.165) is 19.3 Å². The van der Waals surface area contributed by atoms with Crippen molar-refractivity contribution in [2.24, 2.45) is 0 Å². The average Bonchev–Trinajstić information content (AvgIpc) is 2.33. The fourth-order valence-corrected chi connectivity index (χ4v) is 1.55. The minimum atomic E-state index is -0.0593. The number of piperidine rings is 1. The predicted octanol–water partition coefficient (Wildman–Crippen LogP) is 2.89. The molecule has 0 aliphatic carbocycles. The molecule has 0 aromatic rings. The first-order valence-electron chi connectivity index (χ1n) is 6.67. The first-order valence-corrected chi connectivity index (χ1v) is 6.67. The van der Waals surface area contributed by atoms with Crippen LogP contribution in [0, 0.1) is 0 Å². The largest absolute Gasteiger partial charge is 0.466 e. The van der Waals surface area contributed by atoms with Crippen LogP contribution < -0.4 is 5.32 Å².